The third-order valence-corrected chi connectivity index (χ3v) is 2.95. The lowest BCUT2D eigenvalue weighted by Gasteiger charge is -2.04. The van der Waals surface area contributed by atoms with Crippen molar-refractivity contribution >= 4 is 21.8 Å². The number of rotatable bonds is 1. The van der Waals surface area contributed by atoms with Crippen molar-refractivity contribution in [2.75, 3.05) is 0 Å². The SMILES string of the molecule is CC(N)c1ccc2[nH]c3ccncc3c2c1. The van der Waals surface area contributed by atoms with Gasteiger partial charge >= 0.3 is 0 Å². The monoisotopic (exact) mass is 211 g/mol. The van der Waals surface area contributed by atoms with E-state index in [4.69, 9.17) is 5.73 Å². The molecule has 3 rings (SSSR count). The highest BCUT2D eigenvalue weighted by molar-refractivity contribution is 6.06. The Kier molecular flexibility index (Phi) is 1.94. The van der Waals surface area contributed by atoms with Crippen molar-refractivity contribution in [3.63, 3.8) is 0 Å². The van der Waals surface area contributed by atoms with Gasteiger partial charge in [0.1, 0.15) is 0 Å². The Bertz CT molecular complexity index is 652. The molecule has 80 valence electrons. The number of hydrogen-bond acceptors (Lipinski definition) is 2. The van der Waals surface area contributed by atoms with Gasteiger partial charge in [0.25, 0.3) is 0 Å². The Balaban J connectivity index is 2.40. The van der Waals surface area contributed by atoms with Gasteiger partial charge in [-0.15, -0.1) is 0 Å². The van der Waals surface area contributed by atoms with Gasteiger partial charge in [-0.2, -0.15) is 0 Å². The third-order valence-electron chi connectivity index (χ3n) is 2.95. The standard InChI is InChI=1S/C13H13N3/c1-8(14)9-2-3-12-10(6-9)11-7-15-5-4-13(11)16-12/h2-8,16H,14H2,1H3. The highest BCUT2D eigenvalue weighted by Gasteiger charge is 2.06. The largest absolute Gasteiger partial charge is 0.354 e. The smallest absolute Gasteiger partial charge is 0.0495 e. The topological polar surface area (TPSA) is 54.7 Å². The Morgan fingerprint density at radius 2 is 2.00 bits per heavy atom. The predicted molar refractivity (Wildman–Crippen MR) is 66.2 cm³/mol. The fourth-order valence-corrected chi connectivity index (χ4v) is 2.04. The maximum atomic E-state index is 5.89. The average molecular weight is 211 g/mol. The number of fused-ring (bicyclic) bond motifs is 3. The summed E-state index contributed by atoms with van der Waals surface area (Å²) in [7, 11) is 0. The summed E-state index contributed by atoms with van der Waals surface area (Å²) in [6, 6.07) is 8.33. The molecule has 0 bridgehead atoms. The van der Waals surface area contributed by atoms with Crippen LogP contribution >= 0.6 is 0 Å². The molecule has 16 heavy (non-hydrogen) atoms. The first kappa shape index (κ1) is 9.36. The summed E-state index contributed by atoms with van der Waals surface area (Å²) >= 11 is 0. The molecular formula is C13H13N3. The first-order chi connectivity index (χ1) is 7.75. The summed E-state index contributed by atoms with van der Waals surface area (Å²) in [4.78, 5) is 7.52. The molecule has 3 N–H and O–H groups in total. The molecule has 0 amide bonds. The van der Waals surface area contributed by atoms with Gasteiger partial charge in [0.05, 0.1) is 0 Å². The molecule has 3 heteroatoms. The molecule has 0 spiro atoms. The molecule has 0 radical (unpaired) electrons. The number of nitrogens with two attached hydrogens (primary N) is 1. The van der Waals surface area contributed by atoms with Gasteiger partial charge < -0.3 is 10.7 Å². The highest BCUT2D eigenvalue weighted by atomic mass is 14.7. The minimum Gasteiger partial charge on any atom is -0.354 e. The van der Waals surface area contributed by atoms with E-state index in [-0.39, 0.29) is 6.04 Å². The lowest BCUT2D eigenvalue weighted by atomic mass is 10.1. The highest BCUT2D eigenvalue weighted by Crippen LogP contribution is 2.26. The van der Waals surface area contributed by atoms with E-state index >= 15 is 0 Å². The van der Waals surface area contributed by atoms with E-state index in [1.807, 2.05) is 19.2 Å². The van der Waals surface area contributed by atoms with Crippen molar-refractivity contribution in [3.8, 4) is 0 Å². The van der Waals surface area contributed by atoms with Crippen LogP contribution in [0.15, 0.2) is 36.7 Å². The number of pyridine rings is 1. The number of H-pyrrole nitrogens is 1. The molecule has 3 nitrogen and oxygen atoms in total. The molecule has 1 atom stereocenters. The van der Waals surface area contributed by atoms with E-state index in [0.29, 0.717) is 0 Å². The second-order valence-corrected chi connectivity index (χ2v) is 4.14. The van der Waals surface area contributed by atoms with E-state index < -0.39 is 0 Å². The average Bonchev–Trinajstić information content (AvgIpc) is 2.66. The zero-order valence-electron chi connectivity index (χ0n) is 9.07. The molecule has 2 aromatic heterocycles. The molecule has 0 saturated carbocycles. The van der Waals surface area contributed by atoms with E-state index in [2.05, 4.69) is 28.2 Å². The molecule has 0 aliphatic rings. The summed E-state index contributed by atoms with van der Waals surface area (Å²) in [6.45, 7) is 1.99. The molecule has 0 aliphatic heterocycles. The zero-order chi connectivity index (χ0) is 11.1. The number of nitrogens with zero attached hydrogens (tertiary/aromatic N) is 1. The number of aromatic amines is 1. The second-order valence-electron chi connectivity index (χ2n) is 4.14. The van der Waals surface area contributed by atoms with Crippen molar-refractivity contribution in [3.05, 3.63) is 42.2 Å². The van der Waals surface area contributed by atoms with Crippen LogP contribution in [0, 0.1) is 0 Å². The fourth-order valence-electron chi connectivity index (χ4n) is 2.04. The quantitative estimate of drug-likeness (QED) is 0.650. The lowest BCUT2D eigenvalue weighted by Crippen LogP contribution is -2.04. The van der Waals surface area contributed by atoms with Crippen LogP contribution in [0.25, 0.3) is 21.8 Å². The van der Waals surface area contributed by atoms with Gasteiger partial charge in [0.15, 0.2) is 0 Å². The van der Waals surface area contributed by atoms with Gasteiger partial charge in [-0.1, -0.05) is 6.07 Å². The maximum absolute atomic E-state index is 5.89. The summed E-state index contributed by atoms with van der Waals surface area (Å²) in [6.07, 6.45) is 3.68. The first-order valence-corrected chi connectivity index (χ1v) is 5.36. The number of aromatic nitrogens is 2. The summed E-state index contributed by atoms with van der Waals surface area (Å²) in [5, 5.41) is 2.35. The fraction of sp³-hybridized carbons (Fsp3) is 0.154. The minimum absolute atomic E-state index is 0.0611. The molecule has 0 saturated heterocycles. The van der Waals surface area contributed by atoms with Crippen LogP contribution in [0.3, 0.4) is 0 Å². The Morgan fingerprint density at radius 3 is 2.81 bits per heavy atom. The summed E-state index contributed by atoms with van der Waals surface area (Å²) < 4.78 is 0. The third kappa shape index (κ3) is 1.29. The van der Waals surface area contributed by atoms with E-state index in [9.17, 15) is 0 Å². The van der Waals surface area contributed by atoms with Crippen LogP contribution in [-0.4, -0.2) is 9.97 Å². The molecule has 0 fully saturated rings. The lowest BCUT2D eigenvalue weighted by molar-refractivity contribution is 0.820. The van der Waals surface area contributed by atoms with Crippen LogP contribution < -0.4 is 5.73 Å². The second kappa shape index (κ2) is 3.32. The molecule has 0 aliphatic carbocycles. The number of hydrogen-bond donors (Lipinski definition) is 2. The van der Waals surface area contributed by atoms with Gasteiger partial charge in [0.2, 0.25) is 0 Å². The van der Waals surface area contributed by atoms with Crippen molar-refractivity contribution < 1.29 is 0 Å². The van der Waals surface area contributed by atoms with Gasteiger partial charge in [-0.3, -0.25) is 4.98 Å². The van der Waals surface area contributed by atoms with Crippen LogP contribution in [0.5, 0.6) is 0 Å². The Labute approximate surface area is 93.3 Å². The normalized spacial score (nSPS) is 13.4. The van der Waals surface area contributed by atoms with Gasteiger partial charge in [0, 0.05) is 40.2 Å². The van der Waals surface area contributed by atoms with Crippen molar-refractivity contribution in [1.82, 2.24) is 9.97 Å². The summed E-state index contributed by atoms with van der Waals surface area (Å²) in [5.74, 6) is 0. The number of nitrogens with one attached hydrogen (secondary N) is 1. The first-order valence-electron chi connectivity index (χ1n) is 5.36. The Hall–Kier alpha value is -1.87. The van der Waals surface area contributed by atoms with Crippen molar-refractivity contribution in [2.24, 2.45) is 5.73 Å². The van der Waals surface area contributed by atoms with E-state index in [1.165, 1.54) is 5.39 Å². The molecule has 2 heterocycles. The van der Waals surface area contributed by atoms with Crippen molar-refractivity contribution in [1.29, 1.82) is 0 Å². The van der Waals surface area contributed by atoms with Crippen LogP contribution in [0.1, 0.15) is 18.5 Å². The maximum Gasteiger partial charge on any atom is 0.0495 e. The van der Waals surface area contributed by atoms with Gasteiger partial charge in [-0.25, -0.2) is 0 Å². The summed E-state index contributed by atoms with van der Waals surface area (Å²) in [5.41, 5.74) is 9.29. The van der Waals surface area contributed by atoms with E-state index in [0.717, 1.165) is 22.0 Å². The zero-order valence-corrected chi connectivity index (χ0v) is 9.07. The minimum atomic E-state index is 0.0611. The Morgan fingerprint density at radius 1 is 1.19 bits per heavy atom. The van der Waals surface area contributed by atoms with Crippen LogP contribution in [0.4, 0.5) is 0 Å². The van der Waals surface area contributed by atoms with Crippen molar-refractivity contribution in [2.45, 2.75) is 13.0 Å². The predicted octanol–water partition coefficient (Wildman–Crippen LogP) is 2.74. The van der Waals surface area contributed by atoms with Crippen LogP contribution in [-0.2, 0) is 0 Å². The molecular weight excluding hydrogens is 198 g/mol. The molecule has 3 aromatic rings. The molecule has 1 unspecified atom stereocenters. The molecule has 1 aromatic carbocycles. The van der Waals surface area contributed by atoms with Crippen LogP contribution in [0.2, 0.25) is 0 Å². The van der Waals surface area contributed by atoms with E-state index in [1.54, 1.807) is 6.20 Å². The van der Waals surface area contributed by atoms with Gasteiger partial charge in [-0.05, 0) is 30.7 Å². The number of benzene rings is 1.